The molecule has 0 aliphatic rings. The lowest BCUT2D eigenvalue weighted by Gasteiger charge is -2.17. The van der Waals surface area contributed by atoms with Gasteiger partial charge in [-0.3, -0.25) is 0 Å². The maximum absolute atomic E-state index is 6.49. The minimum absolute atomic E-state index is 0.602. The molecule has 0 bridgehead atoms. The van der Waals surface area contributed by atoms with Crippen LogP contribution in [0.4, 0.5) is 0 Å². The Hall–Kier alpha value is -7.93. The predicted molar refractivity (Wildman–Crippen MR) is 254 cm³/mol. The molecule has 0 unspecified atom stereocenters. The molecule has 61 heavy (non-hydrogen) atoms. The van der Waals surface area contributed by atoms with Crippen LogP contribution in [0.15, 0.2) is 199 Å². The number of fused-ring (bicyclic) bond motifs is 10. The van der Waals surface area contributed by atoms with Crippen molar-refractivity contribution in [3.63, 3.8) is 0 Å². The molecule has 0 saturated heterocycles. The fourth-order valence-corrected chi connectivity index (χ4v) is 10.4. The largest absolute Gasteiger partial charge is 0.456 e. The van der Waals surface area contributed by atoms with Crippen LogP contribution in [-0.4, -0.2) is 19.5 Å². The highest BCUT2D eigenvalue weighted by Crippen LogP contribution is 2.44. The van der Waals surface area contributed by atoms with Crippen molar-refractivity contribution in [2.24, 2.45) is 0 Å². The second kappa shape index (κ2) is 13.3. The Bertz CT molecular complexity index is 3900. The molecular weight excluding hydrogens is 765 g/mol. The van der Waals surface area contributed by atoms with Gasteiger partial charge in [-0.15, -0.1) is 11.3 Å². The standard InChI is InChI=1S/C55H32N4OS/c1-2-13-33(14-3-1)53-56-54(58-55(57-53)37-25-27-40-39-18-8-11-24-50(39)61-51(40)32-37)36-26-28-46(44(30-36)41-20-12-23-49-52(41)42-19-7-10-22-48(42)60-49)59-45-21-9-6-17-38(45)43-29-34-15-4-5-16-35(34)31-47(43)59/h1-32H. The first-order chi connectivity index (χ1) is 30.2. The van der Waals surface area contributed by atoms with Crippen molar-refractivity contribution in [3.8, 4) is 51.0 Å². The summed E-state index contributed by atoms with van der Waals surface area (Å²) in [4.78, 5) is 15.6. The predicted octanol–water partition coefficient (Wildman–Crippen LogP) is 15.1. The number of aromatic nitrogens is 4. The molecule has 0 spiro atoms. The number of rotatable bonds is 5. The molecule has 284 valence electrons. The summed E-state index contributed by atoms with van der Waals surface area (Å²) in [6, 6.07) is 68.6. The van der Waals surface area contributed by atoms with Crippen molar-refractivity contribution in [2.75, 3.05) is 0 Å². The van der Waals surface area contributed by atoms with Crippen LogP contribution < -0.4 is 0 Å². The van der Waals surface area contributed by atoms with Crippen molar-refractivity contribution in [1.29, 1.82) is 0 Å². The summed E-state index contributed by atoms with van der Waals surface area (Å²) in [7, 11) is 0. The average molecular weight is 797 g/mol. The number of hydrogen-bond donors (Lipinski definition) is 0. The lowest BCUT2D eigenvalue weighted by atomic mass is 9.95. The van der Waals surface area contributed by atoms with Crippen LogP contribution >= 0.6 is 11.3 Å². The molecular formula is C55H32N4OS. The van der Waals surface area contributed by atoms with E-state index in [1.807, 2.05) is 30.3 Å². The van der Waals surface area contributed by atoms with Crippen molar-refractivity contribution in [3.05, 3.63) is 194 Å². The van der Waals surface area contributed by atoms with Gasteiger partial charge in [0.05, 0.1) is 16.7 Å². The second-order valence-corrected chi connectivity index (χ2v) is 16.6. The lowest BCUT2D eigenvalue weighted by Crippen LogP contribution is -2.02. The summed E-state index contributed by atoms with van der Waals surface area (Å²) in [5.74, 6) is 1.86. The molecule has 0 fully saturated rings. The topological polar surface area (TPSA) is 56.7 Å². The molecule has 0 saturated carbocycles. The van der Waals surface area contributed by atoms with Gasteiger partial charge in [0.15, 0.2) is 17.5 Å². The molecule has 5 nitrogen and oxygen atoms in total. The minimum atomic E-state index is 0.602. The SMILES string of the molecule is c1ccc(-c2nc(-c3ccc(-n4c5ccccc5c5cc6ccccc6cc54)c(-c4cccc5oc6ccccc6c45)c3)nc(-c3ccc4c(c3)sc3ccccc34)n2)cc1. The zero-order valence-corrected chi connectivity index (χ0v) is 33.4. The molecule has 9 aromatic carbocycles. The normalized spacial score (nSPS) is 11.9. The molecule has 4 aromatic heterocycles. The van der Waals surface area contributed by atoms with Gasteiger partial charge in [0.1, 0.15) is 11.2 Å². The fraction of sp³-hybridized carbons (Fsp3) is 0. The Morgan fingerprint density at radius 1 is 0.377 bits per heavy atom. The highest BCUT2D eigenvalue weighted by atomic mass is 32.1. The Balaban J connectivity index is 1.09. The summed E-state index contributed by atoms with van der Waals surface area (Å²) < 4.78 is 11.4. The van der Waals surface area contributed by atoms with E-state index < -0.39 is 0 Å². The van der Waals surface area contributed by atoms with Gasteiger partial charge in [0, 0.05) is 64.0 Å². The fourth-order valence-electron chi connectivity index (χ4n) is 9.22. The van der Waals surface area contributed by atoms with Gasteiger partial charge < -0.3 is 8.98 Å². The van der Waals surface area contributed by atoms with E-state index in [0.717, 1.165) is 66.5 Å². The van der Waals surface area contributed by atoms with Crippen LogP contribution in [0.1, 0.15) is 0 Å². The highest BCUT2D eigenvalue weighted by Gasteiger charge is 2.22. The van der Waals surface area contributed by atoms with E-state index in [4.69, 9.17) is 19.4 Å². The van der Waals surface area contributed by atoms with Gasteiger partial charge in [0.25, 0.3) is 0 Å². The van der Waals surface area contributed by atoms with Crippen molar-refractivity contribution in [2.45, 2.75) is 0 Å². The van der Waals surface area contributed by atoms with E-state index in [1.54, 1.807) is 11.3 Å². The van der Waals surface area contributed by atoms with Crippen LogP contribution in [0.2, 0.25) is 0 Å². The summed E-state index contributed by atoms with van der Waals surface area (Å²) >= 11 is 1.79. The van der Waals surface area contributed by atoms with E-state index in [0.29, 0.717) is 17.5 Å². The Labute approximate surface area is 353 Å². The number of hydrogen-bond acceptors (Lipinski definition) is 5. The van der Waals surface area contributed by atoms with E-state index in [-0.39, 0.29) is 0 Å². The zero-order valence-electron chi connectivity index (χ0n) is 32.6. The van der Waals surface area contributed by atoms with Crippen molar-refractivity contribution in [1.82, 2.24) is 19.5 Å². The van der Waals surface area contributed by atoms with Gasteiger partial charge in [0.2, 0.25) is 0 Å². The monoisotopic (exact) mass is 796 g/mol. The van der Waals surface area contributed by atoms with Crippen molar-refractivity contribution >= 4 is 86.0 Å². The third-order valence-corrected chi connectivity index (χ3v) is 13.2. The molecule has 0 radical (unpaired) electrons. The Morgan fingerprint density at radius 2 is 1.02 bits per heavy atom. The van der Waals surface area contributed by atoms with Crippen molar-refractivity contribution < 1.29 is 4.42 Å². The first kappa shape index (κ1) is 34.0. The maximum atomic E-state index is 6.49. The third kappa shape index (κ3) is 5.36. The molecule has 0 atom stereocenters. The first-order valence-corrected chi connectivity index (χ1v) is 21.2. The molecule has 0 N–H and O–H groups in total. The molecule has 0 amide bonds. The number of furan rings is 1. The van der Waals surface area contributed by atoms with E-state index >= 15 is 0 Å². The van der Waals surface area contributed by atoms with E-state index in [2.05, 4.69) is 168 Å². The lowest BCUT2D eigenvalue weighted by molar-refractivity contribution is 0.669. The highest BCUT2D eigenvalue weighted by molar-refractivity contribution is 7.25. The average Bonchev–Trinajstić information content (AvgIpc) is 4.00. The zero-order chi connectivity index (χ0) is 40.0. The van der Waals surface area contributed by atoms with Crippen LogP contribution in [0.25, 0.3) is 126 Å². The smallest absolute Gasteiger partial charge is 0.164 e. The first-order valence-electron chi connectivity index (χ1n) is 20.4. The minimum Gasteiger partial charge on any atom is -0.456 e. The number of nitrogens with zero attached hydrogens (tertiary/aromatic N) is 4. The van der Waals surface area contributed by atoms with Crippen LogP contribution in [0.3, 0.4) is 0 Å². The number of benzene rings is 9. The summed E-state index contributed by atoms with van der Waals surface area (Å²) in [6.07, 6.45) is 0. The van der Waals surface area contributed by atoms with Crippen LogP contribution in [-0.2, 0) is 0 Å². The molecule has 4 heterocycles. The quantitative estimate of drug-likeness (QED) is 0.174. The molecule has 13 aromatic rings. The molecule has 13 rings (SSSR count). The Kier molecular flexibility index (Phi) is 7.41. The summed E-state index contributed by atoms with van der Waals surface area (Å²) in [6.45, 7) is 0. The van der Waals surface area contributed by atoms with Crippen LogP contribution in [0, 0.1) is 0 Å². The van der Waals surface area contributed by atoms with Gasteiger partial charge in [-0.25, -0.2) is 15.0 Å². The van der Waals surface area contributed by atoms with E-state index in [1.165, 1.54) is 41.7 Å². The summed E-state index contributed by atoms with van der Waals surface area (Å²) in [5.41, 5.74) is 9.90. The van der Waals surface area contributed by atoms with Gasteiger partial charge >= 0.3 is 0 Å². The van der Waals surface area contributed by atoms with Gasteiger partial charge in [-0.1, -0.05) is 133 Å². The Morgan fingerprint density at radius 3 is 1.87 bits per heavy atom. The number of thiophene rings is 1. The van der Waals surface area contributed by atoms with Gasteiger partial charge in [-0.05, 0) is 77.0 Å². The molecule has 6 heteroatoms. The summed E-state index contributed by atoms with van der Waals surface area (Å²) in [5, 5.41) is 9.47. The van der Waals surface area contributed by atoms with Gasteiger partial charge in [-0.2, -0.15) is 0 Å². The van der Waals surface area contributed by atoms with Crippen LogP contribution in [0.5, 0.6) is 0 Å². The molecule has 0 aliphatic carbocycles. The molecule has 0 aliphatic heterocycles. The third-order valence-electron chi connectivity index (χ3n) is 12.0. The number of para-hydroxylation sites is 2. The maximum Gasteiger partial charge on any atom is 0.164 e. The second-order valence-electron chi connectivity index (χ2n) is 15.6. The van der Waals surface area contributed by atoms with E-state index in [9.17, 15) is 0 Å².